The molecule has 1 amide bonds. The van der Waals surface area contributed by atoms with Gasteiger partial charge in [-0.05, 0) is 31.2 Å². The number of anilines is 1. The predicted octanol–water partition coefficient (Wildman–Crippen LogP) is 5.71. The highest BCUT2D eigenvalue weighted by atomic mass is 35.5. The number of benzene rings is 2. The van der Waals surface area contributed by atoms with Gasteiger partial charge in [0.25, 0.3) is 5.91 Å². The summed E-state index contributed by atoms with van der Waals surface area (Å²) < 4.78 is 5.53. The minimum Gasteiger partial charge on any atom is -0.479 e. The van der Waals surface area contributed by atoms with Crippen LogP contribution in [-0.2, 0) is 4.79 Å². The molecule has 0 aliphatic carbocycles. The van der Waals surface area contributed by atoms with Crippen LogP contribution in [0.1, 0.15) is 6.92 Å². The average molecular weight is 379 g/mol. The van der Waals surface area contributed by atoms with Crippen LogP contribution in [0, 0.1) is 0 Å². The van der Waals surface area contributed by atoms with Gasteiger partial charge in [0.2, 0.25) is 0 Å². The summed E-state index contributed by atoms with van der Waals surface area (Å²) in [5.41, 5.74) is 0.357. The molecule has 0 aromatic heterocycles. The molecule has 0 heterocycles. The van der Waals surface area contributed by atoms with Gasteiger partial charge < -0.3 is 10.1 Å². The van der Waals surface area contributed by atoms with Crippen LogP contribution in [0.3, 0.4) is 0 Å². The Balaban J connectivity index is 2.09. The second-order valence-corrected chi connectivity index (χ2v) is 6.05. The SMILES string of the molecule is C[C@@H](Oc1ccccc1Cl)C(=O)Nc1cc(Cl)c(Cl)cc1Cl. The number of carbonyl (C=O) groups excluding carboxylic acids is 1. The molecule has 22 heavy (non-hydrogen) atoms. The van der Waals surface area contributed by atoms with Gasteiger partial charge in [0.1, 0.15) is 5.75 Å². The fraction of sp³-hybridized carbons (Fsp3) is 0.133. The van der Waals surface area contributed by atoms with Gasteiger partial charge >= 0.3 is 0 Å². The van der Waals surface area contributed by atoms with E-state index in [1.165, 1.54) is 12.1 Å². The molecule has 0 saturated heterocycles. The molecule has 0 aliphatic heterocycles. The van der Waals surface area contributed by atoms with Crippen LogP contribution < -0.4 is 10.1 Å². The van der Waals surface area contributed by atoms with Gasteiger partial charge in [-0.25, -0.2) is 0 Å². The van der Waals surface area contributed by atoms with Crippen molar-refractivity contribution in [2.75, 3.05) is 5.32 Å². The molecule has 0 saturated carbocycles. The summed E-state index contributed by atoms with van der Waals surface area (Å²) in [6.07, 6.45) is -0.773. The van der Waals surface area contributed by atoms with Crippen LogP contribution in [-0.4, -0.2) is 12.0 Å². The topological polar surface area (TPSA) is 38.3 Å². The third-order valence-electron chi connectivity index (χ3n) is 2.78. The van der Waals surface area contributed by atoms with Gasteiger partial charge in [0.15, 0.2) is 6.10 Å². The highest BCUT2D eigenvalue weighted by molar-refractivity contribution is 6.44. The van der Waals surface area contributed by atoms with Gasteiger partial charge in [-0.2, -0.15) is 0 Å². The summed E-state index contributed by atoms with van der Waals surface area (Å²) in [6, 6.07) is 9.83. The average Bonchev–Trinajstić information content (AvgIpc) is 2.47. The van der Waals surface area contributed by atoms with Crippen LogP contribution in [0.2, 0.25) is 20.1 Å². The maximum Gasteiger partial charge on any atom is 0.265 e. The van der Waals surface area contributed by atoms with E-state index >= 15 is 0 Å². The number of carbonyl (C=O) groups is 1. The predicted molar refractivity (Wildman–Crippen MR) is 91.6 cm³/mol. The van der Waals surface area contributed by atoms with Crippen molar-refractivity contribution in [2.24, 2.45) is 0 Å². The first-order valence-electron chi connectivity index (χ1n) is 6.25. The molecule has 2 aromatic carbocycles. The molecule has 0 aliphatic rings. The molecule has 0 fully saturated rings. The van der Waals surface area contributed by atoms with Crippen molar-refractivity contribution in [3.63, 3.8) is 0 Å². The zero-order chi connectivity index (χ0) is 16.3. The van der Waals surface area contributed by atoms with E-state index in [2.05, 4.69) is 5.32 Å². The first-order valence-corrected chi connectivity index (χ1v) is 7.76. The van der Waals surface area contributed by atoms with E-state index in [1.807, 2.05) is 0 Å². The number of amides is 1. The van der Waals surface area contributed by atoms with Crippen molar-refractivity contribution in [2.45, 2.75) is 13.0 Å². The lowest BCUT2D eigenvalue weighted by atomic mass is 10.3. The van der Waals surface area contributed by atoms with Gasteiger partial charge in [-0.1, -0.05) is 58.5 Å². The minimum atomic E-state index is -0.773. The Morgan fingerprint density at radius 3 is 2.32 bits per heavy atom. The third-order valence-corrected chi connectivity index (χ3v) is 4.12. The van der Waals surface area contributed by atoms with E-state index in [4.69, 9.17) is 51.1 Å². The van der Waals surface area contributed by atoms with Gasteiger partial charge in [0, 0.05) is 0 Å². The van der Waals surface area contributed by atoms with Crippen molar-refractivity contribution in [1.82, 2.24) is 0 Å². The maximum atomic E-state index is 12.2. The van der Waals surface area contributed by atoms with E-state index in [-0.39, 0.29) is 10.9 Å². The molecule has 2 aromatic rings. The summed E-state index contributed by atoms with van der Waals surface area (Å²) in [5, 5.41) is 3.95. The summed E-state index contributed by atoms with van der Waals surface area (Å²) in [7, 11) is 0. The number of nitrogens with one attached hydrogen (secondary N) is 1. The number of para-hydroxylation sites is 1. The fourth-order valence-electron chi connectivity index (χ4n) is 1.64. The number of rotatable bonds is 4. The number of ether oxygens (including phenoxy) is 1. The van der Waals surface area contributed by atoms with Crippen LogP contribution in [0.25, 0.3) is 0 Å². The standard InChI is InChI=1S/C15H11Cl4NO2/c1-8(22-14-5-3-2-4-9(14)16)15(21)20-13-7-11(18)10(17)6-12(13)19/h2-8H,1H3,(H,20,21)/t8-/m1/s1. The molecule has 116 valence electrons. The quantitative estimate of drug-likeness (QED) is 0.692. The second-order valence-electron chi connectivity index (χ2n) is 4.43. The molecule has 7 heteroatoms. The first kappa shape index (κ1) is 17.2. The molecule has 0 spiro atoms. The Labute approximate surface area is 148 Å². The van der Waals surface area contributed by atoms with E-state index < -0.39 is 6.10 Å². The summed E-state index contributed by atoms with van der Waals surface area (Å²) >= 11 is 23.8. The van der Waals surface area contributed by atoms with Gasteiger partial charge in [0.05, 0.1) is 25.8 Å². The molecule has 0 unspecified atom stereocenters. The Kier molecular flexibility index (Phi) is 5.81. The monoisotopic (exact) mass is 377 g/mol. The molecular weight excluding hydrogens is 368 g/mol. The molecule has 0 bridgehead atoms. The van der Waals surface area contributed by atoms with Crippen molar-refractivity contribution < 1.29 is 9.53 Å². The fourth-order valence-corrected chi connectivity index (χ4v) is 2.41. The number of halogens is 4. The van der Waals surface area contributed by atoms with Gasteiger partial charge in [-0.15, -0.1) is 0 Å². The number of hydrogen-bond donors (Lipinski definition) is 1. The minimum absolute atomic E-state index is 0.285. The molecule has 0 radical (unpaired) electrons. The normalized spacial score (nSPS) is 11.9. The third kappa shape index (κ3) is 4.20. The lowest BCUT2D eigenvalue weighted by Gasteiger charge is -2.16. The Bertz CT molecular complexity index is 706. The highest BCUT2D eigenvalue weighted by Gasteiger charge is 2.18. The maximum absolute atomic E-state index is 12.2. The van der Waals surface area contributed by atoms with E-state index in [0.717, 1.165) is 0 Å². The van der Waals surface area contributed by atoms with E-state index in [1.54, 1.807) is 31.2 Å². The Hall–Kier alpha value is -1.13. The Morgan fingerprint density at radius 1 is 1.00 bits per heavy atom. The zero-order valence-corrected chi connectivity index (χ0v) is 14.4. The largest absolute Gasteiger partial charge is 0.479 e. The lowest BCUT2D eigenvalue weighted by Crippen LogP contribution is -2.30. The molecule has 3 nitrogen and oxygen atoms in total. The van der Waals surface area contributed by atoms with Crippen molar-refractivity contribution in [3.05, 3.63) is 56.5 Å². The summed E-state index contributed by atoms with van der Waals surface area (Å²) in [4.78, 5) is 12.2. The lowest BCUT2D eigenvalue weighted by molar-refractivity contribution is -0.122. The van der Waals surface area contributed by atoms with Crippen LogP contribution in [0.15, 0.2) is 36.4 Å². The van der Waals surface area contributed by atoms with Crippen LogP contribution in [0.5, 0.6) is 5.75 Å². The zero-order valence-electron chi connectivity index (χ0n) is 11.4. The van der Waals surface area contributed by atoms with E-state index in [0.29, 0.717) is 26.5 Å². The highest BCUT2D eigenvalue weighted by Crippen LogP contribution is 2.32. The summed E-state index contributed by atoms with van der Waals surface area (Å²) in [6.45, 7) is 1.60. The molecule has 2 rings (SSSR count). The van der Waals surface area contributed by atoms with Crippen molar-refractivity contribution in [3.8, 4) is 5.75 Å². The van der Waals surface area contributed by atoms with Gasteiger partial charge in [-0.3, -0.25) is 4.79 Å². The second kappa shape index (κ2) is 7.42. The van der Waals surface area contributed by atoms with Crippen LogP contribution >= 0.6 is 46.4 Å². The smallest absolute Gasteiger partial charge is 0.265 e. The summed E-state index contributed by atoms with van der Waals surface area (Å²) in [5.74, 6) is 0.0345. The molecular formula is C15H11Cl4NO2. The first-order chi connectivity index (χ1) is 10.4. The Morgan fingerprint density at radius 2 is 1.64 bits per heavy atom. The van der Waals surface area contributed by atoms with Crippen molar-refractivity contribution in [1.29, 1.82) is 0 Å². The molecule has 1 atom stereocenters. The molecule has 1 N–H and O–H groups in total. The van der Waals surface area contributed by atoms with Crippen molar-refractivity contribution >= 4 is 58.0 Å². The van der Waals surface area contributed by atoms with Crippen LogP contribution in [0.4, 0.5) is 5.69 Å². The van der Waals surface area contributed by atoms with E-state index in [9.17, 15) is 4.79 Å². The number of hydrogen-bond acceptors (Lipinski definition) is 2.